The van der Waals surface area contributed by atoms with Crippen LogP contribution in [0.1, 0.15) is 123 Å². The number of rotatable bonds is 19. The molecule has 0 fully saturated rings. The topological polar surface area (TPSA) is 31.5 Å². The smallest absolute Gasteiger partial charge is 0.168 e. The Morgan fingerprint density at radius 3 is 0.905 bits per heavy atom. The number of hydrogen-bond acceptors (Lipinski definition) is 2. The van der Waals surface area contributed by atoms with Crippen molar-refractivity contribution >= 4 is 12.6 Å². The van der Waals surface area contributed by atoms with E-state index in [0.717, 1.165) is 0 Å². The van der Waals surface area contributed by atoms with Crippen molar-refractivity contribution in [3.63, 3.8) is 0 Å². The van der Waals surface area contributed by atoms with Crippen LogP contribution in [0.4, 0.5) is 18.8 Å². The molecule has 2 rings (SSSR count). The Balaban J connectivity index is -0.0000000950. The number of unbranched alkanes of at least 4 members (excludes halogenated alkanes) is 15. The second-order valence-corrected chi connectivity index (χ2v) is 9.83. The molecule has 42 heavy (non-hydrogen) atoms. The second kappa shape index (κ2) is 48.5. The van der Waals surface area contributed by atoms with Gasteiger partial charge in [0.15, 0.2) is 24.8 Å². The van der Waals surface area contributed by atoms with Crippen LogP contribution in [0.3, 0.4) is 0 Å². The van der Waals surface area contributed by atoms with Crippen LogP contribution in [-0.2, 0) is 13.1 Å². The molecule has 0 spiro atoms. The molecular weight excluding hydrogens is 572 g/mol. The maximum Gasteiger partial charge on any atom is 0.168 e. The van der Waals surface area contributed by atoms with Crippen LogP contribution in [0.15, 0.2) is 61.2 Å². The fourth-order valence-corrected chi connectivity index (χ4v) is 4.20. The molecule has 0 atom stereocenters. The summed E-state index contributed by atoms with van der Waals surface area (Å²) in [5.74, 6) is 0. The largest absolute Gasteiger partial charge is 1.00 e. The number of aromatic nitrogens is 2. The van der Waals surface area contributed by atoms with Crippen molar-refractivity contribution in [1.82, 2.24) is 0 Å². The van der Waals surface area contributed by atoms with Crippen LogP contribution in [0, 0.1) is 10.7 Å². The van der Waals surface area contributed by atoms with Crippen molar-refractivity contribution in [2.45, 2.75) is 136 Å². The minimum Gasteiger partial charge on any atom is -1.00 e. The van der Waals surface area contributed by atoms with E-state index >= 15 is 0 Å². The predicted molar refractivity (Wildman–Crippen MR) is 168 cm³/mol. The van der Waals surface area contributed by atoms with Gasteiger partial charge in [-0.1, -0.05) is 122 Å². The molecule has 0 N–H and O–H groups in total. The first-order valence-electron chi connectivity index (χ1n) is 14.7. The number of nitriles is 1. The van der Waals surface area contributed by atoms with Gasteiger partial charge in [0, 0.05) is 37.1 Å². The average Bonchev–Trinajstić information content (AvgIpc) is 2.91. The first-order valence-corrected chi connectivity index (χ1v) is 15.1. The highest BCUT2D eigenvalue weighted by atomic mass is 32.1. The lowest BCUT2D eigenvalue weighted by Gasteiger charge is -2.01. The summed E-state index contributed by atoms with van der Waals surface area (Å²) in [5, 5.41) is 8.63. The predicted octanol–water partition coefficient (Wildman–Crippen LogP) is 3.63. The third kappa shape index (κ3) is 42.2. The number of thiocyanates is 1. The van der Waals surface area contributed by atoms with Gasteiger partial charge in [-0.2, -0.15) is 5.26 Å². The minimum absolute atomic E-state index is 0. The van der Waals surface area contributed by atoms with Gasteiger partial charge >= 0.3 is 0 Å². The van der Waals surface area contributed by atoms with E-state index in [-0.39, 0.29) is 28.2 Å². The molecule has 0 amide bonds. The molecule has 2 aromatic rings. The van der Waals surface area contributed by atoms with Crippen LogP contribution in [0.25, 0.3) is 0 Å². The van der Waals surface area contributed by atoms with Crippen molar-refractivity contribution in [1.29, 1.82) is 5.26 Å². The van der Waals surface area contributed by atoms with Gasteiger partial charge in [0.1, 0.15) is 18.5 Å². The van der Waals surface area contributed by atoms with Crippen molar-refractivity contribution in [2.75, 3.05) is 0 Å². The van der Waals surface area contributed by atoms with E-state index in [4.69, 9.17) is 5.26 Å². The highest BCUT2D eigenvalue weighted by molar-refractivity contribution is 7.85. The molecule has 2 heterocycles. The van der Waals surface area contributed by atoms with E-state index in [2.05, 4.69) is 96.8 Å². The zero-order chi connectivity index (χ0) is 26.4. The summed E-state index contributed by atoms with van der Waals surface area (Å²) in [7, 11) is 0. The Labute approximate surface area is 257 Å². The highest BCUT2D eigenvalue weighted by Crippen LogP contribution is 2.10. The summed E-state index contributed by atoms with van der Waals surface area (Å²) in [6, 6.07) is 12.6. The van der Waals surface area contributed by atoms with Crippen LogP contribution >= 0.6 is 12.6 Å². The van der Waals surface area contributed by atoms with E-state index in [1.807, 2.05) is 0 Å². The second-order valence-electron chi connectivity index (χ2n) is 9.63. The van der Waals surface area contributed by atoms with Crippen LogP contribution < -0.4 is 18.5 Å². The molecule has 0 aliphatic heterocycles. The minimum atomic E-state index is 0. The first kappa shape index (κ1) is 55.6. The normalized spacial score (nSPS) is 8.52. The average molecular weight is 632 g/mol. The quantitative estimate of drug-likeness (QED) is 0.0830. The molecule has 0 saturated heterocycles. The Morgan fingerprint density at radius 2 is 0.667 bits per heavy atom. The van der Waals surface area contributed by atoms with Gasteiger partial charge in [-0.15, -0.1) is 0 Å². The lowest BCUT2D eigenvalue weighted by atomic mass is 10.1. The number of nitrogens with zero attached hydrogens (tertiary/aromatic N) is 3. The molecule has 0 aliphatic rings. The zero-order valence-electron chi connectivity index (χ0n) is 25.9. The van der Waals surface area contributed by atoms with E-state index in [1.54, 1.807) is 0 Å². The fourth-order valence-electron chi connectivity index (χ4n) is 4.20. The molecule has 0 aliphatic carbocycles. The Morgan fingerprint density at radius 1 is 0.452 bits per heavy atom. The molecule has 0 bridgehead atoms. The molecular formula is C32H59F6N3S. The van der Waals surface area contributed by atoms with Gasteiger partial charge in [0.25, 0.3) is 0 Å². The van der Waals surface area contributed by atoms with Crippen molar-refractivity contribution in [2.24, 2.45) is 0 Å². The third-order valence-electron chi connectivity index (χ3n) is 6.34. The van der Waals surface area contributed by atoms with Gasteiger partial charge in [0.05, 0.1) is 0 Å². The van der Waals surface area contributed by atoms with E-state index in [1.165, 1.54) is 128 Å². The summed E-state index contributed by atoms with van der Waals surface area (Å²) in [6.07, 6.45) is 32.5. The molecule has 10 heteroatoms. The van der Waals surface area contributed by atoms with E-state index in [9.17, 15) is 0 Å². The maximum absolute atomic E-state index is 7.18. The fraction of sp³-hybridized carbons (Fsp3) is 0.656. The molecule has 3 nitrogen and oxygen atoms in total. The molecule has 0 radical (unpaired) electrons. The Bertz CT molecular complexity index is 725. The number of halogens is 6. The van der Waals surface area contributed by atoms with Gasteiger partial charge in [-0.3, -0.25) is 18.8 Å². The van der Waals surface area contributed by atoms with Crippen LogP contribution in [0.2, 0.25) is 0 Å². The lowest BCUT2D eigenvalue weighted by Crippen LogP contribution is -3.00. The summed E-state index contributed by atoms with van der Waals surface area (Å²) in [5.41, 5.74) is 0. The lowest BCUT2D eigenvalue weighted by molar-refractivity contribution is -0.697. The highest BCUT2D eigenvalue weighted by Gasteiger charge is 1.98. The van der Waals surface area contributed by atoms with Gasteiger partial charge < -0.3 is 9.41 Å². The van der Waals surface area contributed by atoms with Crippen molar-refractivity contribution in [3.8, 4) is 5.40 Å². The molecule has 0 unspecified atom stereocenters. The first-order chi connectivity index (χ1) is 17.8. The summed E-state index contributed by atoms with van der Waals surface area (Å²) >= 11 is 3.09. The van der Waals surface area contributed by atoms with Crippen LogP contribution in [0.5, 0.6) is 0 Å². The maximum atomic E-state index is 7.18. The molecule has 0 saturated carbocycles. The van der Waals surface area contributed by atoms with Gasteiger partial charge in [0.2, 0.25) is 0 Å². The van der Waals surface area contributed by atoms with Crippen molar-refractivity contribution in [3.05, 3.63) is 61.2 Å². The number of pyridine rings is 2. The number of aryl methyl sites for hydroxylation is 2. The molecule has 2 aromatic heterocycles. The van der Waals surface area contributed by atoms with Gasteiger partial charge in [-0.25, -0.2) is 9.13 Å². The Kier molecular flexibility index (Phi) is 64.2. The van der Waals surface area contributed by atoms with Crippen molar-refractivity contribution < 1.29 is 37.4 Å². The summed E-state index contributed by atoms with van der Waals surface area (Å²) < 4.78 is 4.55. The monoisotopic (exact) mass is 631 g/mol. The Hall–Kier alpha value is -2.28. The van der Waals surface area contributed by atoms with E-state index < -0.39 is 0 Å². The zero-order valence-corrected chi connectivity index (χ0v) is 26.8. The summed E-state index contributed by atoms with van der Waals surface area (Å²) in [6.45, 7) is 6.91. The number of thiol groups is 1. The van der Waals surface area contributed by atoms with Crippen LogP contribution in [-0.4, -0.2) is 0 Å². The SMILES string of the molecule is CCCCCCCCCCCC[n+]1ccccc1.CCCCCCCCC[n+]1ccccc1.F.F.F.F.N#CS.[F-].[F-]. The standard InChI is InChI=1S/C17H30N.C14H24N.CHNS.6FH/c1-2-3-4-5-6-7-8-9-10-12-15-18-16-13-11-14-17-18;1-2-3-4-5-6-7-9-12-15-13-10-8-11-14-15;2-1-3;;;;;;/h11,13-14,16-17H,2-10,12,15H2,1H3;8,10-11,13-14H,2-7,9,12H2,1H3;3H;6*1H/q2*+1;;;;;;;/p-2. The third-order valence-corrected chi connectivity index (χ3v) is 6.34. The number of hydrogen-bond donors (Lipinski definition) is 1. The van der Waals surface area contributed by atoms with E-state index in [0.29, 0.717) is 0 Å². The molecule has 250 valence electrons. The van der Waals surface area contributed by atoms with Gasteiger partial charge in [-0.05, 0) is 12.8 Å². The molecule has 0 aromatic carbocycles. The summed E-state index contributed by atoms with van der Waals surface area (Å²) in [4.78, 5) is 0.